The molecule has 10 heteroatoms. The fourth-order valence-electron chi connectivity index (χ4n) is 4.93. The third-order valence-electron chi connectivity index (χ3n) is 7.22. The second-order valence-electron chi connectivity index (χ2n) is 12.3. The van der Waals surface area contributed by atoms with Crippen molar-refractivity contribution in [2.45, 2.75) is 66.1 Å². The number of ether oxygens (including phenoxy) is 3. The number of carboxylic acid groups (broad SMARTS) is 1. The van der Waals surface area contributed by atoms with Crippen molar-refractivity contribution < 1.29 is 28.5 Å². The molecule has 1 aromatic carbocycles. The molecule has 8 nitrogen and oxygen atoms in total. The van der Waals surface area contributed by atoms with Crippen molar-refractivity contribution in [1.29, 1.82) is 0 Å². The van der Waals surface area contributed by atoms with Gasteiger partial charge in [0.1, 0.15) is 13.2 Å². The van der Waals surface area contributed by atoms with Gasteiger partial charge in [-0.2, -0.15) is 0 Å². The highest BCUT2D eigenvalue weighted by Gasteiger charge is 2.35. The molecule has 0 radical (unpaired) electrons. The lowest BCUT2D eigenvalue weighted by Gasteiger charge is -2.40. The van der Waals surface area contributed by atoms with E-state index < -0.39 is 23.5 Å². The summed E-state index contributed by atoms with van der Waals surface area (Å²) in [4.78, 5) is 23.9. The molecule has 3 heterocycles. The number of para-hydroxylation sites is 1. The number of hydrogen-bond acceptors (Lipinski definition) is 7. The van der Waals surface area contributed by atoms with Crippen LogP contribution in [0.1, 0.15) is 64.8 Å². The lowest BCUT2D eigenvalue weighted by atomic mass is 9.82. The Hall–Kier alpha value is -3.43. The minimum atomic E-state index is -1.19. The number of pyridine rings is 2. The third-order valence-corrected chi connectivity index (χ3v) is 7.52. The highest BCUT2D eigenvalue weighted by atomic mass is 35.5. The Morgan fingerprint density at radius 2 is 1.79 bits per heavy atom. The molecule has 42 heavy (non-hydrogen) atoms. The van der Waals surface area contributed by atoms with Gasteiger partial charge in [-0.05, 0) is 64.2 Å². The molecule has 0 spiro atoms. The molecule has 1 N–H and O–H groups in total. The molecular formula is C32H39ClFN3O5. The predicted octanol–water partition coefficient (Wildman–Crippen LogP) is 7.27. The Morgan fingerprint density at radius 3 is 2.38 bits per heavy atom. The maximum Gasteiger partial charge on any atom is 0.337 e. The van der Waals surface area contributed by atoms with E-state index in [0.29, 0.717) is 17.1 Å². The van der Waals surface area contributed by atoms with Crippen molar-refractivity contribution in [2.24, 2.45) is 5.41 Å². The average molecular weight is 600 g/mol. The summed E-state index contributed by atoms with van der Waals surface area (Å²) in [5.41, 5.74) is 3.03. The van der Waals surface area contributed by atoms with Crippen LogP contribution in [0.3, 0.4) is 0 Å². The van der Waals surface area contributed by atoms with Crippen LogP contribution in [-0.2, 0) is 9.53 Å². The Morgan fingerprint density at radius 1 is 1.10 bits per heavy atom. The monoisotopic (exact) mass is 599 g/mol. The zero-order chi connectivity index (χ0) is 30.7. The molecule has 0 saturated carbocycles. The summed E-state index contributed by atoms with van der Waals surface area (Å²) in [5, 5.41) is 10.5. The van der Waals surface area contributed by atoms with Gasteiger partial charge >= 0.3 is 5.97 Å². The van der Waals surface area contributed by atoms with Crippen molar-refractivity contribution in [3.8, 4) is 22.8 Å². The summed E-state index contributed by atoms with van der Waals surface area (Å²) >= 11 is 6.01. The zero-order valence-electron chi connectivity index (χ0n) is 25.0. The van der Waals surface area contributed by atoms with Crippen molar-refractivity contribution in [3.63, 3.8) is 0 Å². The topological polar surface area (TPSA) is 94.0 Å². The van der Waals surface area contributed by atoms with Gasteiger partial charge in [0.05, 0.1) is 16.3 Å². The van der Waals surface area contributed by atoms with E-state index in [4.69, 9.17) is 25.8 Å². The van der Waals surface area contributed by atoms with Crippen molar-refractivity contribution in [2.75, 3.05) is 31.2 Å². The van der Waals surface area contributed by atoms with E-state index >= 15 is 0 Å². The minimum Gasteiger partial charge on any atom is -0.485 e. The summed E-state index contributed by atoms with van der Waals surface area (Å²) in [5.74, 6) is -1.26. The molecule has 0 bridgehead atoms. The maximum absolute atomic E-state index is 13.9. The van der Waals surface area contributed by atoms with Gasteiger partial charge in [-0.1, -0.05) is 31.5 Å². The summed E-state index contributed by atoms with van der Waals surface area (Å²) in [6.45, 7) is 13.6. The normalized spacial score (nSPS) is 15.8. The number of aliphatic carboxylic acids is 1. The maximum atomic E-state index is 13.9. The van der Waals surface area contributed by atoms with Crippen molar-refractivity contribution >= 4 is 23.3 Å². The fourth-order valence-corrected chi connectivity index (χ4v) is 5.15. The molecule has 1 aliphatic heterocycles. The van der Waals surface area contributed by atoms with E-state index in [1.54, 1.807) is 24.5 Å². The number of piperidine rings is 1. The number of nitrogens with zero attached hydrogens (tertiary/aromatic N) is 3. The first-order valence-electron chi connectivity index (χ1n) is 14.1. The summed E-state index contributed by atoms with van der Waals surface area (Å²) in [6, 6.07) is 7.94. The van der Waals surface area contributed by atoms with Crippen LogP contribution in [0.4, 0.5) is 10.1 Å². The summed E-state index contributed by atoms with van der Waals surface area (Å²) in [7, 11) is 0. The highest BCUT2D eigenvalue weighted by molar-refractivity contribution is 6.32. The number of aromatic nitrogens is 2. The standard InChI is InChI=1S/C32H39ClFN3O5/c1-20-26(29(30(38)39)42-31(2,3)4)27(37-14-12-32(5,6)13-15-37)22(19-35-20)21-10-11-25(36-18-21)40-16-17-41-28-23(33)8-7-9-24(28)34/h7-11,18-19,29H,12-17H2,1-6H3,(H,38,39). The second-order valence-corrected chi connectivity index (χ2v) is 12.7. The second kappa shape index (κ2) is 12.8. The molecule has 1 fully saturated rings. The third kappa shape index (κ3) is 7.69. The molecule has 1 atom stereocenters. The number of rotatable bonds is 10. The van der Waals surface area contributed by atoms with Crippen molar-refractivity contribution in [1.82, 2.24) is 9.97 Å². The molecular weight excluding hydrogens is 561 g/mol. The lowest BCUT2D eigenvalue weighted by Crippen LogP contribution is -2.39. The van der Waals surface area contributed by atoms with Gasteiger partial charge in [-0.15, -0.1) is 0 Å². The van der Waals surface area contributed by atoms with Crippen LogP contribution >= 0.6 is 11.6 Å². The van der Waals surface area contributed by atoms with Crippen LogP contribution in [0.5, 0.6) is 11.6 Å². The number of halogens is 2. The molecule has 1 aliphatic rings. The largest absolute Gasteiger partial charge is 0.485 e. The Bertz CT molecular complexity index is 1380. The van der Waals surface area contributed by atoms with Crippen molar-refractivity contribution in [3.05, 3.63) is 64.8 Å². The molecule has 226 valence electrons. The van der Waals surface area contributed by atoms with E-state index in [2.05, 4.69) is 28.7 Å². The van der Waals surface area contributed by atoms with Gasteiger partial charge in [0.15, 0.2) is 17.7 Å². The SMILES string of the molecule is Cc1ncc(-c2ccc(OCCOc3c(F)cccc3Cl)nc2)c(N2CCC(C)(C)CC2)c1C(OC(C)(C)C)C(=O)O. The van der Waals surface area contributed by atoms with Gasteiger partial charge in [-0.25, -0.2) is 14.2 Å². The summed E-state index contributed by atoms with van der Waals surface area (Å²) < 4.78 is 31.2. The van der Waals surface area contributed by atoms with Crippen LogP contribution in [0, 0.1) is 18.2 Å². The van der Waals surface area contributed by atoms with Crippen LogP contribution in [0.25, 0.3) is 11.1 Å². The van der Waals surface area contributed by atoms with E-state index in [0.717, 1.165) is 42.7 Å². The number of aryl methyl sites for hydroxylation is 1. The van der Waals surface area contributed by atoms with E-state index in [9.17, 15) is 14.3 Å². The lowest BCUT2D eigenvalue weighted by molar-refractivity contribution is -0.160. The number of carbonyl (C=O) groups is 1. The highest BCUT2D eigenvalue weighted by Crippen LogP contribution is 2.43. The Kier molecular flexibility index (Phi) is 9.63. The number of hydrogen-bond donors (Lipinski definition) is 1. The van der Waals surface area contributed by atoms with Gasteiger partial charge in [-0.3, -0.25) is 4.98 Å². The fraction of sp³-hybridized carbons (Fsp3) is 0.469. The predicted molar refractivity (Wildman–Crippen MR) is 161 cm³/mol. The van der Waals surface area contributed by atoms with Crippen LogP contribution in [0.2, 0.25) is 5.02 Å². The van der Waals surface area contributed by atoms with Crippen LogP contribution < -0.4 is 14.4 Å². The molecule has 3 aromatic rings. The zero-order valence-corrected chi connectivity index (χ0v) is 25.8. The number of anilines is 1. The first-order valence-corrected chi connectivity index (χ1v) is 14.4. The molecule has 2 aromatic heterocycles. The Labute approximate surface area is 251 Å². The number of carboxylic acids is 1. The van der Waals surface area contributed by atoms with Gasteiger partial charge < -0.3 is 24.2 Å². The average Bonchev–Trinajstić information content (AvgIpc) is 2.91. The van der Waals surface area contributed by atoms with Gasteiger partial charge in [0, 0.05) is 53.9 Å². The van der Waals surface area contributed by atoms with E-state index in [1.807, 2.05) is 33.8 Å². The summed E-state index contributed by atoms with van der Waals surface area (Å²) in [6.07, 6.45) is 4.19. The first-order chi connectivity index (χ1) is 19.8. The smallest absolute Gasteiger partial charge is 0.337 e. The van der Waals surface area contributed by atoms with E-state index in [1.165, 1.54) is 12.1 Å². The number of benzene rings is 1. The molecule has 1 unspecified atom stereocenters. The van der Waals surface area contributed by atoms with Crippen LogP contribution in [0.15, 0.2) is 42.7 Å². The molecule has 0 amide bonds. The molecule has 0 aliphatic carbocycles. The van der Waals surface area contributed by atoms with E-state index in [-0.39, 0.29) is 29.4 Å². The van der Waals surface area contributed by atoms with Gasteiger partial charge in [0.2, 0.25) is 5.88 Å². The molecule has 1 saturated heterocycles. The minimum absolute atomic E-state index is 0.0162. The van der Waals surface area contributed by atoms with Crippen LogP contribution in [-0.4, -0.2) is 52.9 Å². The molecule has 4 rings (SSSR count). The quantitative estimate of drug-likeness (QED) is 0.243. The first kappa shape index (κ1) is 31.5. The van der Waals surface area contributed by atoms with Gasteiger partial charge in [0.25, 0.3) is 0 Å². The Balaban J connectivity index is 1.62.